The first-order valence-corrected chi connectivity index (χ1v) is 9.75. The molecule has 2 saturated heterocycles. The van der Waals surface area contributed by atoms with E-state index in [1.165, 1.54) is 12.8 Å². The molecule has 0 saturated carbocycles. The molecule has 134 valence electrons. The third-order valence-electron chi connectivity index (χ3n) is 5.67. The number of rotatable bonds is 3. The molecule has 5 heteroatoms. The maximum atomic E-state index is 9.67. The van der Waals surface area contributed by atoms with Gasteiger partial charge in [-0.1, -0.05) is 17.7 Å². The zero-order valence-corrected chi connectivity index (χ0v) is 15.3. The third kappa shape index (κ3) is 4.14. The van der Waals surface area contributed by atoms with Gasteiger partial charge in [-0.25, -0.2) is 0 Å². The maximum Gasteiger partial charge on any atom is 0.0706 e. The number of hydrogen-bond acceptors (Lipinski definition) is 4. The van der Waals surface area contributed by atoms with Crippen LogP contribution in [0, 0.1) is 0 Å². The largest absolute Gasteiger partial charge is 0.393 e. The SMILES string of the molecule is OC1CCN(C2CCN(Cc3ccc4cc(Cl)ccc4n3)CC2)CC1. The zero-order valence-electron chi connectivity index (χ0n) is 14.6. The molecule has 0 atom stereocenters. The summed E-state index contributed by atoms with van der Waals surface area (Å²) in [5, 5.41) is 11.5. The number of benzene rings is 1. The molecule has 0 aliphatic carbocycles. The molecule has 2 fully saturated rings. The molecular formula is C20H26ClN3O. The highest BCUT2D eigenvalue weighted by Gasteiger charge is 2.27. The summed E-state index contributed by atoms with van der Waals surface area (Å²) in [6, 6.07) is 10.8. The Balaban J connectivity index is 1.33. The van der Waals surface area contributed by atoms with Crippen molar-refractivity contribution >= 4 is 22.5 Å². The molecule has 4 nitrogen and oxygen atoms in total. The van der Waals surface area contributed by atoms with Gasteiger partial charge in [-0.2, -0.15) is 0 Å². The van der Waals surface area contributed by atoms with Crippen molar-refractivity contribution in [1.29, 1.82) is 0 Å². The lowest BCUT2D eigenvalue weighted by Crippen LogP contribution is -2.48. The van der Waals surface area contributed by atoms with Gasteiger partial charge >= 0.3 is 0 Å². The summed E-state index contributed by atoms with van der Waals surface area (Å²) in [6.07, 6.45) is 4.24. The average Bonchev–Trinajstić information content (AvgIpc) is 2.63. The molecule has 1 N–H and O–H groups in total. The lowest BCUT2D eigenvalue weighted by molar-refractivity contribution is 0.0374. The van der Waals surface area contributed by atoms with Crippen LogP contribution in [0.25, 0.3) is 10.9 Å². The summed E-state index contributed by atoms with van der Waals surface area (Å²) in [5.74, 6) is 0. The van der Waals surface area contributed by atoms with Gasteiger partial charge in [-0.05, 0) is 49.9 Å². The predicted octanol–water partition coefficient (Wildman–Crippen LogP) is 3.31. The van der Waals surface area contributed by atoms with Crippen molar-refractivity contribution in [1.82, 2.24) is 14.8 Å². The van der Waals surface area contributed by atoms with Gasteiger partial charge in [0.05, 0.1) is 17.3 Å². The van der Waals surface area contributed by atoms with Crippen LogP contribution in [0.1, 0.15) is 31.4 Å². The number of hydrogen-bond donors (Lipinski definition) is 1. The Morgan fingerprint density at radius 3 is 2.52 bits per heavy atom. The molecule has 2 aromatic rings. The standard InChI is InChI=1S/C20H26ClN3O/c21-16-2-4-20-15(13-16)1-3-17(22-20)14-23-9-5-18(6-10-23)24-11-7-19(25)8-12-24/h1-4,13,18-19,25H,5-12,14H2. The number of likely N-dealkylation sites (tertiary alicyclic amines) is 2. The second-order valence-electron chi connectivity index (χ2n) is 7.41. The molecule has 0 radical (unpaired) electrons. The number of aliphatic hydroxyl groups excluding tert-OH is 1. The number of piperidine rings is 2. The summed E-state index contributed by atoms with van der Waals surface area (Å²) in [6.45, 7) is 5.29. The van der Waals surface area contributed by atoms with Gasteiger partial charge in [-0.3, -0.25) is 9.88 Å². The smallest absolute Gasteiger partial charge is 0.0706 e. The van der Waals surface area contributed by atoms with Crippen LogP contribution in [-0.2, 0) is 6.54 Å². The summed E-state index contributed by atoms with van der Waals surface area (Å²) >= 11 is 6.05. The van der Waals surface area contributed by atoms with Gasteiger partial charge in [0.2, 0.25) is 0 Å². The molecular weight excluding hydrogens is 334 g/mol. The van der Waals surface area contributed by atoms with Crippen LogP contribution in [0.5, 0.6) is 0 Å². The van der Waals surface area contributed by atoms with Crippen LogP contribution < -0.4 is 0 Å². The van der Waals surface area contributed by atoms with Gasteiger partial charge in [0.15, 0.2) is 0 Å². The van der Waals surface area contributed by atoms with Gasteiger partial charge in [0, 0.05) is 49.2 Å². The Hall–Kier alpha value is -1.20. The second kappa shape index (κ2) is 7.58. The van der Waals surface area contributed by atoms with Crippen LogP contribution in [0.15, 0.2) is 30.3 Å². The topological polar surface area (TPSA) is 39.6 Å². The van der Waals surface area contributed by atoms with Crippen molar-refractivity contribution in [3.05, 3.63) is 41.0 Å². The fourth-order valence-corrected chi connectivity index (χ4v) is 4.33. The van der Waals surface area contributed by atoms with E-state index >= 15 is 0 Å². The van der Waals surface area contributed by atoms with Gasteiger partial charge < -0.3 is 10.0 Å². The first kappa shape index (κ1) is 17.2. The van der Waals surface area contributed by atoms with E-state index in [1.54, 1.807) is 0 Å². The van der Waals surface area contributed by atoms with Crippen LogP contribution in [0.4, 0.5) is 0 Å². The lowest BCUT2D eigenvalue weighted by Gasteiger charge is -2.41. The van der Waals surface area contributed by atoms with E-state index in [2.05, 4.69) is 21.9 Å². The zero-order chi connectivity index (χ0) is 17.2. The molecule has 4 rings (SSSR count). The molecule has 0 unspecified atom stereocenters. The molecule has 0 spiro atoms. The third-order valence-corrected chi connectivity index (χ3v) is 5.90. The van der Waals surface area contributed by atoms with Crippen LogP contribution in [-0.4, -0.2) is 58.2 Å². The van der Waals surface area contributed by atoms with E-state index in [0.717, 1.165) is 67.2 Å². The molecule has 0 bridgehead atoms. The van der Waals surface area contributed by atoms with Crippen LogP contribution in [0.2, 0.25) is 5.02 Å². The summed E-state index contributed by atoms with van der Waals surface area (Å²) in [7, 11) is 0. The van der Waals surface area contributed by atoms with E-state index in [9.17, 15) is 5.11 Å². The monoisotopic (exact) mass is 359 g/mol. The first-order chi connectivity index (χ1) is 12.2. The van der Waals surface area contributed by atoms with Crippen molar-refractivity contribution in [3.8, 4) is 0 Å². The predicted molar refractivity (Wildman–Crippen MR) is 102 cm³/mol. The fraction of sp³-hybridized carbons (Fsp3) is 0.550. The molecule has 1 aromatic carbocycles. The first-order valence-electron chi connectivity index (χ1n) is 9.37. The molecule has 3 heterocycles. The Bertz CT molecular complexity index is 722. The number of aromatic nitrogens is 1. The number of pyridine rings is 1. The van der Waals surface area contributed by atoms with E-state index in [-0.39, 0.29) is 6.10 Å². The van der Waals surface area contributed by atoms with E-state index in [1.807, 2.05) is 18.2 Å². The summed E-state index contributed by atoms with van der Waals surface area (Å²) in [4.78, 5) is 9.89. The molecule has 25 heavy (non-hydrogen) atoms. The number of nitrogens with zero attached hydrogens (tertiary/aromatic N) is 3. The van der Waals surface area contributed by atoms with Crippen LogP contribution in [0.3, 0.4) is 0 Å². The van der Waals surface area contributed by atoms with Crippen molar-refractivity contribution < 1.29 is 5.11 Å². The Labute approximate surface area is 154 Å². The maximum absolute atomic E-state index is 9.67. The van der Waals surface area contributed by atoms with Crippen molar-refractivity contribution in [2.24, 2.45) is 0 Å². The van der Waals surface area contributed by atoms with Gasteiger partial charge in [0.25, 0.3) is 0 Å². The van der Waals surface area contributed by atoms with Crippen LogP contribution >= 0.6 is 11.6 Å². The minimum absolute atomic E-state index is 0.0785. The highest BCUT2D eigenvalue weighted by Crippen LogP contribution is 2.23. The van der Waals surface area contributed by atoms with E-state index in [4.69, 9.17) is 16.6 Å². The minimum atomic E-state index is -0.0785. The summed E-state index contributed by atoms with van der Waals surface area (Å²) < 4.78 is 0. The van der Waals surface area contributed by atoms with Gasteiger partial charge in [-0.15, -0.1) is 0 Å². The van der Waals surface area contributed by atoms with E-state index in [0.29, 0.717) is 6.04 Å². The average molecular weight is 360 g/mol. The molecule has 2 aliphatic rings. The number of aliphatic hydroxyl groups is 1. The van der Waals surface area contributed by atoms with Crippen molar-refractivity contribution in [2.45, 2.75) is 44.4 Å². The Morgan fingerprint density at radius 1 is 1.00 bits per heavy atom. The normalized spacial score (nSPS) is 21.8. The molecule has 2 aliphatic heterocycles. The molecule has 1 aromatic heterocycles. The minimum Gasteiger partial charge on any atom is -0.393 e. The second-order valence-corrected chi connectivity index (χ2v) is 7.85. The van der Waals surface area contributed by atoms with Gasteiger partial charge in [0.1, 0.15) is 0 Å². The number of halogens is 1. The Morgan fingerprint density at radius 2 is 1.76 bits per heavy atom. The summed E-state index contributed by atoms with van der Waals surface area (Å²) in [5.41, 5.74) is 2.15. The fourth-order valence-electron chi connectivity index (χ4n) is 4.15. The molecule has 0 amide bonds. The highest BCUT2D eigenvalue weighted by molar-refractivity contribution is 6.31. The lowest BCUT2D eigenvalue weighted by atomic mass is 9.99. The van der Waals surface area contributed by atoms with Crippen molar-refractivity contribution in [3.63, 3.8) is 0 Å². The highest BCUT2D eigenvalue weighted by atomic mass is 35.5. The van der Waals surface area contributed by atoms with E-state index < -0.39 is 0 Å². The van der Waals surface area contributed by atoms with Crippen molar-refractivity contribution in [2.75, 3.05) is 26.2 Å². The Kier molecular flexibility index (Phi) is 5.23. The number of fused-ring (bicyclic) bond motifs is 1. The quantitative estimate of drug-likeness (QED) is 0.912.